The second-order valence-corrected chi connectivity index (χ2v) is 4.09. The molecule has 0 fully saturated rings. The van der Waals surface area contributed by atoms with Crippen molar-refractivity contribution in [3.8, 4) is 0 Å². The van der Waals surface area contributed by atoms with Gasteiger partial charge in [0.1, 0.15) is 0 Å². The van der Waals surface area contributed by atoms with Gasteiger partial charge in [-0.3, -0.25) is 0 Å². The summed E-state index contributed by atoms with van der Waals surface area (Å²) in [5.41, 5.74) is -2.99. The van der Waals surface area contributed by atoms with Gasteiger partial charge in [0.15, 0.2) is 0 Å². The Labute approximate surface area is 106 Å². The van der Waals surface area contributed by atoms with Gasteiger partial charge in [0.2, 0.25) is 0 Å². The fourth-order valence-electron chi connectivity index (χ4n) is 1.25. The molecule has 17 heavy (non-hydrogen) atoms. The third kappa shape index (κ3) is 3.28. The van der Waals surface area contributed by atoms with Crippen molar-refractivity contribution >= 4 is 27.5 Å². The molecule has 0 bridgehead atoms. The van der Waals surface area contributed by atoms with Gasteiger partial charge in [-0.15, -0.1) is 0 Å². The molecule has 0 aromatic heterocycles. The van der Waals surface area contributed by atoms with Crippen LogP contribution in [0.15, 0.2) is 12.1 Å². The smallest absolute Gasteiger partial charge is 0.166 e. The van der Waals surface area contributed by atoms with Crippen LogP contribution in [0.3, 0.4) is 0 Å². The molecule has 1 aromatic carbocycles. The monoisotopic (exact) mass is 340 g/mol. The Morgan fingerprint density at radius 2 is 1.53 bits per heavy atom. The highest BCUT2D eigenvalue weighted by Gasteiger charge is 2.39. The molecule has 1 rings (SSSR count). The van der Waals surface area contributed by atoms with E-state index in [9.17, 15) is 26.3 Å². The molecule has 0 aliphatic heterocycles. The molecule has 0 saturated carbocycles. The van der Waals surface area contributed by atoms with Gasteiger partial charge in [-0.05, 0) is 17.7 Å². The molecule has 0 amide bonds. The van der Waals surface area contributed by atoms with Gasteiger partial charge in [0.05, 0.1) is 16.1 Å². The third-order valence-corrected chi connectivity index (χ3v) is 2.83. The van der Waals surface area contributed by atoms with Crippen LogP contribution in [-0.4, -0.2) is 0 Å². The van der Waals surface area contributed by atoms with Gasteiger partial charge in [0.25, 0.3) is 0 Å². The first-order valence-electron chi connectivity index (χ1n) is 4.10. The largest absolute Gasteiger partial charge is 0.418 e. The number of alkyl halides is 7. The second kappa shape index (κ2) is 4.68. The molecule has 8 heteroatoms. The zero-order valence-corrected chi connectivity index (χ0v) is 10.2. The summed E-state index contributed by atoms with van der Waals surface area (Å²) in [6, 6.07) is 0.708. The van der Waals surface area contributed by atoms with E-state index in [0.29, 0.717) is 6.07 Å². The average Bonchev–Trinajstić information content (AvgIpc) is 2.12. The van der Waals surface area contributed by atoms with Gasteiger partial charge in [-0.2, -0.15) is 26.3 Å². The van der Waals surface area contributed by atoms with Crippen molar-refractivity contribution in [1.29, 1.82) is 0 Å². The second-order valence-electron chi connectivity index (χ2n) is 3.12. The molecule has 0 spiro atoms. The predicted octanol–water partition coefficient (Wildman–Crippen LogP) is 5.27. The van der Waals surface area contributed by atoms with Crippen molar-refractivity contribution < 1.29 is 26.3 Å². The van der Waals surface area contributed by atoms with Crippen LogP contribution in [0, 0.1) is 0 Å². The minimum Gasteiger partial charge on any atom is -0.166 e. The Balaban J connectivity index is 3.47. The highest BCUT2D eigenvalue weighted by Crippen LogP contribution is 2.41. The first-order valence-corrected chi connectivity index (χ1v) is 5.60. The van der Waals surface area contributed by atoms with E-state index in [1.165, 1.54) is 0 Å². The van der Waals surface area contributed by atoms with Crippen LogP contribution in [0.4, 0.5) is 26.3 Å². The molecule has 0 nitrogen and oxygen atoms in total. The molecule has 0 N–H and O–H groups in total. The molecule has 0 heterocycles. The lowest BCUT2D eigenvalue weighted by Crippen LogP contribution is -2.13. The Morgan fingerprint density at radius 3 is 1.88 bits per heavy atom. The molecule has 0 aliphatic rings. The van der Waals surface area contributed by atoms with Crippen molar-refractivity contribution in [2.24, 2.45) is 0 Å². The Morgan fingerprint density at radius 1 is 1.00 bits per heavy atom. The van der Waals surface area contributed by atoms with Crippen LogP contribution >= 0.6 is 27.5 Å². The number of hydrogen-bond donors (Lipinski definition) is 0. The molecule has 96 valence electrons. The summed E-state index contributed by atoms with van der Waals surface area (Å²) < 4.78 is 74.7. The van der Waals surface area contributed by atoms with E-state index in [4.69, 9.17) is 11.6 Å². The molecular weight excluding hydrogens is 337 g/mol. The molecule has 0 atom stereocenters. The normalized spacial score (nSPS) is 12.9. The molecule has 0 radical (unpaired) electrons. The van der Waals surface area contributed by atoms with E-state index >= 15 is 0 Å². The average molecular weight is 341 g/mol. The quantitative estimate of drug-likeness (QED) is 0.482. The highest BCUT2D eigenvalue weighted by molar-refractivity contribution is 9.08. The maximum atomic E-state index is 12.5. The molecule has 0 aliphatic carbocycles. The number of benzene rings is 1. The van der Waals surface area contributed by atoms with E-state index in [-0.39, 0.29) is 11.4 Å². The van der Waals surface area contributed by atoms with E-state index in [1.807, 2.05) is 0 Å². The zero-order chi connectivity index (χ0) is 13.4. The zero-order valence-electron chi connectivity index (χ0n) is 7.89. The summed E-state index contributed by atoms with van der Waals surface area (Å²) >= 11 is 7.97. The predicted molar refractivity (Wildman–Crippen MR) is 54.1 cm³/mol. The van der Waals surface area contributed by atoms with Crippen molar-refractivity contribution in [1.82, 2.24) is 0 Å². The molecular formula is C9H4BrClF6. The van der Waals surface area contributed by atoms with E-state index in [0.717, 1.165) is 0 Å². The summed E-state index contributed by atoms with van der Waals surface area (Å²) in [7, 11) is 0. The minimum atomic E-state index is -4.79. The Kier molecular flexibility index (Phi) is 4.03. The molecule has 0 saturated heterocycles. The Bertz CT molecular complexity index is 423. The maximum Gasteiger partial charge on any atom is 0.418 e. The van der Waals surface area contributed by atoms with E-state index < -0.39 is 34.1 Å². The van der Waals surface area contributed by atoms with Crippen LogP contribution in [0.25, 0.3) is 0 Å². The lowest BCUT2D eigenvalue weighted by molar-refractivity contribution is -0.141. The summed E-state index contributed by atoms with van der Waals surface area (Å²) in [4.78, 5) is 0. The van der Waals surface area contributed by atoms with Crippen molar-refractivity contribution in [2.75, 3.05) is 0 Å². The van der Waals surface area contributed by atoms with Gasteiger partial charge in [0, 0.05) is 5.33 Å². The van der Waals surface area contributed by atoms with Crippen molar-refractivity contribution in [3.63, 3.8) is 0 Å². The van der Waals surface area contributed by atoms with Crippen LogP contribution < -0.4 is 0 Å². The SMILES string of the molecule is FC(F)(F)c1cc(Cl)c(C(F)(F)F)c(CBr)c1. The van der Waals surface area contributed by atoms with Crippen molar-refractivity contribution in [3.05, 3.63) is 33.8 Å². The van der Waals surface area contributed by atoms with Crippen LogP contribution in [0.5, 0.6) is 0 Å². The van der Waals surface area contributed by atoms with Crippen LogP contribution in [-0.2, 0) is 17.7 Å². The van der Waals surface area contributed by atoms with E-state index in [1.54, 1.807) is 0 Å². The summed E-state index contributed by atoms with van der Waals surface area (Å²) in [6.45, 7) is 0. The van der Waals surface area contributed by atoms with Crippen molar-refractivity contribution in [2.45, 2.75) is 17.7 Å². The third-order valence-electron chi connectivity index (χ3n) is 1.93. The maximum absolute atomic E-state index is 12.5. The van der Waals surface area contributed by atoms with Crippen LogP contribution in [0.2, 0.25) is 5.02 Å². The van der Waals surface area contributed by atoms with Gasteiger partial charge in [-0.1, -0.05) is 27.5 Å². The summed E-state index contributed by atoms with van der Waals surface area (Å²) in [5.74, 6) is 0. The van der Waals surface area contributed by atoms with Crippen LogP contribution in [0.1, 0.15) is 16.7 Å². The summed E-state index contributed by atoms with van der Waals surface area (Å²) in [5, 5.41) is -1.33. The van der Waals surface area contributed by atoms with E-state index in [2.05, 4.69) is 15.9 Å². The molecule has 1 aromatic rings. The minimum absolute atomic E-state index is 0.274. The van der Waals surface area contributed by atoms with Gasteiger partial charge in [-0.25, -0.2) is 0 Å². The highest BCUT2D eigenvalue weighted by atomic mass is 79.9. The Hall–Kier alpha value is -0.430. The lowest BCUT2D eigenvalue weighted by Gasteiger charge is -2.16. The topological polar surface area (TPSA) is 0 Å². The number of rotatable bonds is 1. The lowest BCUT2D eigenvalue weighted by atomic mass is 10.0. The standard InChI is InChI=1S/C9H4BrClF6/c10-3-4-1-5(8(12,13)14)2-6(11)7(4)9(15,16)17/h1-2H,3H2. The number of halogens is 8. The fourth-order valence-corrected chi connectivity index (χ4v) is 2.04. The molecule has 0 unspecified atom stereocenters. The fraction of sp³-hybridized carbons (Fsp3) is 0.333. The summed E-state index contributed by atoms with van der Waals surface area (Å²) in [6.07, 6.45) is -9.52. The van der Waals surface area contributed by atoms with Gasteiger partial charge < -0.3 is 0 Å². The first-order chi connectivity index (χ1) is 7.57. The first kappa shape index (κ1) is 14.6. The van der Waals surface area contributed by atoms with Gasteiger partial charge >= 0.3 is 12.4 Å². The number of hydrogen-bond acceptors (Lipinski definition) is 0.